The number of hydrogen-bond donors (Lipinski definition) is 3. The molecule has 3 unspecified atom stereocenters. The number of aromatic nitrogens is 2. The first-order valence-corrected chi connectivity index (χ1v) is 7.97. The van der Waals surface area contributed by atoms with Crippen molar-refractivity contribution in [1.29, 1.82) is 0 Å². The first-order valence-electron chi connectivity index (χ1n) is 7.97. The van der Waals surface area contributed by atoms with Crippen LogP contribution in [0.5, 0.6) is 0 Å². The van der Waals surface area contributed by atoms with Gasteiger partial charge in [0.25, 0.3) is 5.91 Å². The number of nitrogens with zero attached hydrogens (tertiary/aromatic N) is 2. The summed E-state index contributed by atoms with van der Waals surface area (Å²) in [5.41, 5.74) is 8.19. The second-order valence-electron chi connectivity index (χ2n) is 6.90. The van der Waals surface area contributed by atoms with Gasteiger partial charge < -0.3 is 11.1 Å². The molecule has 5 rings (SSSR count). The van der Waals surface area contributed by atoms with Gasteiger partial charge in [0, 0.05) is 35.7 Å². The summed E-state index contributed by atoms with van der Waals surface area (Å²) in [6.45, 7) is 2.17. The van der Waals surface area contributed by atoms with Crippen LogP contribution >= 0.6 is 0 Å². The largest absolute Gasteiger partial charge is 0.399 e. The van der Waals surface area contributed by atoms with Gasteiger partial charge in [-0.2, -0.15) is 5.10 Å². The molecule has 2 saturated heterocycles. The summed E-state index contributed by atoms with van der Waals surface area (Å²) in [5.74, 6) is 0.534. The van der Waals surface area contributed by atoms with Crippen molar-refractivity contribution < 1.29 is 4.79 Å². The summed E-state index contributed by atoms with van der Waals surface area (Å²) in [6, 6.07) is 5.73. The number of carbonyl (C=O) groups is 1. The lowest BCUT2D eigenvalue weighted by atomic mass is 9.61. The molecular weight excluding hydrogens is 278 g/mol. The van der Waals surface area contributed by atoms with Crippen LogP contribution in [0, 0.1) is 5.92 Å². The van der Waals surface area contributed by atoms with Gasteiger partial charge in [-0.25, -0.2) is 0 Å². The van der Waals surface area contributed by atoms with Crippen LogP contribution in [0.3, 0.4) is 0 Å². The molecule has 3 atom stereocenters. The van der Waals surface area contributed by atoms with E-state index in [4.69, 9.17) is 5.73 Å². The predicted molar refractivity (Wildman–Crippen MR) is 83.4 cm³/mol. The molecule has 3 aliphatic rings. The molecule has 1 aromatic carbocycles. The third-order valence-corrected chi connectivity index (χ3v) is 6.04. The molecule has 2 aromatic rings. The van der Waals surface area contributed by atoms with Crippen molar-refractivity contribution in [3.8, 4) is 0 Å². The Hall–Kier alpha value is -2.08. The SMILES string of the molecule is Nc1ccc2[nH]nc(C(=O)NC3CN4CCC45CCC35)c2c1. The monoisotopic (exact) mass is 297 g/mol. The molecule has 1 aliphatic carbocycles. The molecule has 114 valence electrons. The van der Waals surface area contributed by atoms with Crippen LogP contribution < -0.4 is 11.1 Å². The predicted octanol–water partition coefficient (Wildman–Crippen LogP) is 1.11. The fraction of sp³-hybridized carbons (Fsp3) is 0.500. The number of anilines is 1. The van der Waals surface area contributed by atoms with E-state index in [1.807, 2.05) is 12.1 Å². The number of nitrogens with one attached hydrogen (secondary N) is 2. The van der Waals surface area contributed by atoms with Gasteiger partial charge in [0.15, 0.2) is 5.69 Å². The Bertz CT molecular complexity index is 780. The molecule has 4 N–H and O–H groups in total. The van der Waals surface area contributed by atoms with Crippen LogP contribution in [0.1, 0.15) is 29.8 Å². The number of fused-ring (bicyclic) bond motifs is 1. The van der Waals surface area contributed by atoms with Crippen molar-refractivity contribution >= 4 is 22.5 Å². The molecule has 3 fully saturated rings. The minimum atomic E-state index is -0.0913. The number of nitrogen functional groups attached to an aromatic ring is 1. The molecule has 1 saturated carbocycles. The molecule has 6 nitrogen and oxygen atoms in total. The van der Waals surface area contributed by atoms with Gasteiger partial charge in [-0.1, -0.05) is 0 Å². The van der Waals surface area contributed by atoms with E-state index in [1.54, 1.807) is 6.07 Å². The van der Waals surface area contributed by atoms with E-state index < -0.39 is 0 Å². The highest BCUT2D eigenvalue weighted by Gasteiger charge is 2.63. The van der Waals surface area contributed by atoms with Crippen molar-refractivity contribution in [2.45, 2.75) is 30.8 Å². The average molecular weight is 297 g/mol. The number of aromatic amines is 1. The minimum Gasteiger partial charge on any atom is -0.399 e. The lowest BCUT2D eigenvalue weighted by Gasteiger charge is -2.58. The number of hydrogen-bond acceptors (Lipinski definition) is 4. The maximum absolute atomic E-state index is 12.6. The maximum atomic E-state index is 12.6. The number of benzene rings is 1. The van der Waals surface area contributed by atoms with E-state index in [0.717, 1.165) is 17.4 Å². The van der Waals surface area contributed by atoms with E-state index in [0.29, 0.717) is 22.8 Å². The number of nitrogens with two attached hydrogens (primary N) is 1. The van der Waals surface area contributed by atoms with Crippen molar-refractivity contribution in [2.24, 2.45) is 5.92 Å². The van der Waals surface area contributed by atoms with Crippen molar-refractivity contribution in [1.82, 2.24) is 20.4 Å². The van der Waals surface area contributed by atoms with Gasteiger partial charge in [-0.3, -0.25) is 14.8 Å². The van der Waals surface area contributed by atoms with E-state index in [-0.39, 0.29) is 11.9 Å². The first kappa shape index (κ1) is 12.5. The third-order valence-electron chi connectivity index (χ3n) is 6.04. The van der Waals surface area contributed by atoms with Crippen LogP contribution in [-0.4, -0.2) is 45.7 Å². The highest BCUT2D eigenvalue weighted by molar-refractivity contribution is 6.05. The zero-order valence-electron chi connectivity index (χ0n) is 12.3. The Morgan fingerprint density at radius 3 is 3.05 bits per heavy atom. The summed E-state index contributed by atoms with van der Waals surface area (Å²) in [5, 5.41) is 11.1. The summed E-state index contributed by atoms with van der Waals surface area (Å²) in [4.78, 5) is 15.2. The Morgan fingerprint density at radius 1 is 1.45 bits per heavy atom. The quantitative estimate of drug-likeness (QED) is 0.725. The Labute approximate surface area is 128 Å². The fourth-order valence-corrected chi connectivity index (χ4v) is 4.71. The molecular formula is C16H19N5O. The lowest BCUT2D eigenvalue weighted by molar-refractivity contribution is -0.0676. The summed E-state index contributed by atoms with van der Waals surface area (Å²) < 4.78 is 0. The van der Waals surface area contributed by atoms with Crippen LogP contribution in [0.2, 0.25) is 0 Å². The molecule has 3 heterocycles. The number of H-pyrrole nitrogens is 1. The van der Waals surface area contributed by atoms with Crippen LogP contribution in [0.25, 0.3) is 10.9 Å². The van der Waals surface area contributed by atoms with Gasteiger partial charge >= 0.3 is 0 Å². The van der Waals surface area contributed by atoms with Gasteiger partial charge in [-0.05, 0) is 43.4 Å². The van der Waals surface area contributed by atoms with Crippen molar-refractivity contribution in [3.05, 3.63) is 23.9 Å². The molecule has 1 amide bonds. The Balaban J connectivity index is 1.41. The fourth-order valence-electron chi connectivity index (χ4n) is 4.71. The normalized spacial score (nSPS) is 32.9. The van der Waals surface area contributed by atoms with Gasteiger partial charge in [0.05, 0.1) is 5.52 Å². The molecule has 0 radical (unpaired) electrons. The van der Waals surface area contributed by atoms with E-state index in [9.17, 15) is 4.79 Å². The van der Waals surface area contributed by atoms with Gasteiger partial charge in [-0.15, -0.1) is 0 Å². The molecule has 1 aromatic heterocycles. The summed E-state index contributed by atoms with van der Waals surface area (Å²) in [6.07, 6.45) is 3.83. The number of carbonyl (C=O) groups excluding carboxylic acids is 1. The molecule has 1 spiro atoms. The van der Waals surface area contributed by atoms with E-state index >= 15 is 0 Å². The lowest BCUT2D eigenvalue weighted by Crippen LogP contribution is -2.64. The molecule has 22 heavy (non-hydrogen) atoms. The van der Waals surface area contributed by atoms with E-state index in [1.165, 1.54) is 25.8 Å². The van der Waals surface area contributed by atoms with Gasteiger partial charge in [0.1, 0.15) is 0 Å². The van der Waals surface area contributed by atoms with Crippen molar-refractivity contribution in [2.75, 3.05) is 18.8 Å². The Kier molecular flexibility index (Phi) is 2.27. The maximum Gasteiger partial charge on any atom is 0.272 e. The van der Waals surface area contributed by atoms with Crippen LogP contribution in [0.4, 0.5) is 5.69 Å². The minimum absolute atomic E-state index is 0.0913. The average Bonchev–Trinajstić information content (AvgIpc) is 2.89. The number of amides is 1. The zero-order chi connectivity index (χ0) is 14.9. The van der Waals surface area contributed by atoms with Gasteiger partial charge in [0.2, 0.25) is 0 Å². The smallest absolute Gasteiger partial charge is 0.272 e. The number of rotatable bonds is 2. The molecule has 6 heteroatoms. The van der Waals surface area contributed by atoms with Crippen LogP contribution in [0.15, 0.2) is 18.2 Å². The van der Waals surface area contributed by atoms with Crippen LogP contribution in [-0.2, 0) is 0 Å². The first-order chi connectivity index (χ1) is 10.7. The zero-order valence-corrected chi connectivity index (χ0v) is 12.3. The topological polar surface area (TPSA) is 87.0 Å². The van der Waals surface area contributed by atoms with Crippen molar-refractivity contribution in [3.63, 3.8) is 0 Å². The second kappa shape index (κ2) is 4.01. The molecule has 2 aliphatic heterocycles. The highest BCUT2D eigenvalue weighted by Crippen LogP contribution is 2.57. The standard InChI is InChI=1S/C16H19N5O/c17-9-1-2-12-10(7-9)14(20-19-12)15(22)18-13-8-21-6-5-16(21)4-3-11(13)16/h1-2,7,11,13H,3-6,8,17H2,(H,18,22)(H,19,20). The summed E-state index contributed by atoms with van der Waals surface area (Å²) >= 11 is 0. The summed E-state index contributed by atoms with van der Waals surface area (Å²) in [7, 11) is 0. The second-order valence-corrected chi connectivity index (χ2v) is 6.90. The van der Waals surface area contributed by atoms with E-state index in [2.05, 4.69) is 20.4 Å². The molecule has 0 bridgehead atoms. The highest BCUT2D eigenvalue weighted by atomic mass is 16.2. The Morgan fingerprint density at radius 2 is 2.36 bits per heavy atom. The third kappa shape index (κ3) is 1.43.